The number of oxazole rings is 1. The summed E-state index contributed by atoms with van der Waals surface area (Å²) in [4.78, 5) is 16.2. The number of hydrogen-bond donors (Lipinski definition) is 1. The second kappa shape index (κ2) is 7.67. The quantitative estimate of drug-likeness (QED) is 0.476. The van der Waals surface area contributed by atoms with E-state index in [9.17, 15) is 13.6 Å². The minimum atomic E-state index is -0.904. The molecule has 0 unspecified atom stereocenters. The van der Waals surface area contributed by atoms with E-state index in [1.54, 1.807) is 18.3 Å². The molecule has 0 spiro atoms. The summed E-state index contributed by atoms with van der Waals surface area (Å²) in [7, 11) is 0. The van der Waals surface area contributed by atoms with Crippen LogP contribution in [0.3, 0.4) is 0 Å². The van der Waals surface area contributed by atoms with Crippen LogP contribution in [-0.2, 0) is 0 Å². The molecule has 0 aliphatic rings. The van der Waals surface area contributed by atoms with Gasteiger partial charge in [-0.05, 0) is 53.9 Å². The molecule has 144 valence electrons. The van der Waals surface area contributed by atoms with Crippen molar-refractivity contribution >= 4 is 11.6 Å². The summed E-state index contributed by atoms with van der Waals surface area (Å²) in [6.07, 6.45) is 3.03. The van der Waals surface area contributed by atoms with E-state index in [1.165, 1.54) is 12.5 Å². The van der Waals surface area contributed by atoms with Crippen molar-refractivity contribution in [3.8, 4) is 22.5 Å². The Morgan fingerprint density at radius 1 is 0.966 bits per heavy atom. The molecule has 1 amide bonds. The minimum Gasteiger partial charge on any atom is -0.444 e. The number of carbonyl (C=O) groups excluding carboxylic acids is 1. The normalized spacial score (nSPS) is 10.7. The Hall–Kier alpha value is -3.80. The van der Waals surface area contributed by atoms with Crippen LogP contribution in [0.2, 0.25) is 0 Å². The fourth-order valence-electron chi connectivity index (χ4n) is 3.09. The zero-order valence-corrected chi connectivity index (χ0v) is 15.4. The van der Waals surface area contributed by atoms with Crippen molar-refractivity contribution < 1.29 is 18.0 Å². The largest absolute Gasteiger partial charge is 0.444 e. The molecule has 29 heavy (non-hydrogen) atoms. The fourth-order valence-corrected chi connectivity index (χ4v) is 3.09. The number of rotatable bonds is 4. The van der Waals surface area contributed by atoms with Crippen LogP contribution >= 0.6 is 0 Å². The maximum Gasteiger partial charge on any atom is 0.261 e. The van der Waals surface area contributed by atoms with E-state index < -0.39 is 23.1 Å². The zero-order chi connectivity index (χ0) is 20.4. The average Bonchev–Trinajstić information content (AvgIpc) is 3.24. The second-order valence-electron chi connectivity index (χ2n) is 6.52. The molecular weight excluding hydrogens is 374 g/mol. The summed E-state index contributed by atoms with van der Waals surface area (Å²) in [5, 5.41) is 2.52. The lowest BCUT2D eigenvalue weighted by molar-refractivity contribution is 0.101. The standard InChI is InChI=1S/C23H16F2N2O2/c1-14-5-6-16(21-12-26-13-29-21)11-18(14)15-7-9-17(10-8-15)27-23(28)22-19(24)3-2-4-20(22)25/h2-13H,1H3,(H,27,28). The lowest BCUT2D eigenvalue weighted by atomic mass is 9.97. The van der Waals surface area contributed by atoms with Gasteiger partial charge in [0.1, 0.15) is 17.2 Å². The van der Waals surface area contributed by atoms with Gasteiger partial charge in [0.2, 0.25) is 0 Å². The predicted octanol–water partition coefficient (Wildman–Crippen LogP) is 5.85. The van der Waals surface area contributed by atoms with Gasteiger partial charge in [-0.3, -0.25) is 4.79 Å². The molecule has 0 bridgehead atoms. The molecule has 0 atom stereocenters. The van der Waals surface area contributed by atoms with Crippen molar-refractivity contribution in [1.82, 2.24) is 4.98 Å². The van der Waals surface area contributed by atoms with Crippen LogP contribution in [0.4, 0.5) is 14.5 Å². The molecule has 0 saturated carbocycles. The fraction of sp³-hybridized carbons (Fsp3) is 0.0435. The topological polar surface area (TPSA) is 55.1 Å². The van der Waals surface area contributed by atoms with Crippen molar-refractivity contribution in [2.24, 2.45) is 0 Å². The van der Waals surface area contributed by atoms with Gasteiger partial charge in [0.25, 0.3) is 5.91 Å². The van der Waals surface area contributed by atoms with Gasteiger partial charge in [-0.25, -0.2) is 13.8 Å². The van der Waals surface area contributed by atoms with Gasteiger partial charge in [-0.2, -0.15) is 0 Å². The van der Waals surface area contributed by atoms with E-state index in [0.29, 0.717) is 11.4 Å². The Balaban J connectivity index is 1.59. The molecule has 1 N–H and O–H groups in total. The Bertz CT molecular complexity index is 1150. The van der Waals surface area contributed by atoms with E-state index in [2.05, 4.69) is 10.3 Å². The second-order valence-corrected chi connectivity index (χ2v) is 6.52. The summed E-state index contributed by atoms with van der Waals surface area (Å²) in [5.41, 5.74) is 3.72. The SMILES string of the molecule is Cc1ccc(-c2cnco2)cc1-c1ccc(NC(=O)c2c(F)cccc2F)cc1. The van der Waals surface area contributed by atoms with Gasteiger partial charge >= 0.3 is 0 Å². The predicted molar refractivity (Wildman–Crippen MR) is 106 cm³/mol. The third-order valence-electron chi connectivity index (χ3n) is 4.60. The van der Waals surface area contributed by atoms with E-state index in [0.717, 1.165) is 34.4 Å². The summed E-state index contributed by atoms with van der Waals surface area (Å²) in [6.45, 7) is 2.00. The molecule has 0 radical (unpaired) electrons. The first-order valence-electron chi connectivity index (χ1n) is 8.88. The number of amides is 1. The van der Waals surface area contributed by atoms with Gasteiger partial charge in [-0.15, -0.1) is 0 Å². The summed E-state index contributed by atoms with van der Waals surface area (Å²) >= 11 is 0. The molecular formula is C23H16F2N2O2. The Labute approximate surface area is 165 Å². The Kier molecular flexibility index (Phi) is 4.91. The van der Waals surface area contributed by atoms with Crippen LogP contribution in [0.25, 0.3) is 22.5 Å². The maximum absolute atomic E-state index is 13.8. The minimum absolute atomic E-state index is 0.436. The highest BCUT2D eigenvalue weighted by Gasteiger charge is 2.17. The molecule has 4 aromatic rings. The van der Waals surface area contributed by atoms with E-state index in [-0.39, 0.29) is 0 Å². The molecule has 0 saturated heterocycles. The first-order chi connectivity index (χ1) is 14.0. The first-order valence-corrected chi connectivity index (χ1v) is 8.88. The van der Waals surface area contributed by atoms with E-state index in [1.807, 2.05) is 37.3 Å². The number of anilines is 1. The van der Waals surface area contributed by atoms with Crippen molar-refractivity contribution in [3.63, 3.8) is 0 Å². The third-order valence-corrected chi connectivity index (χ3v) is 4.60. The lowest BCUT2D eigenvalue weighted by Crippen LogP contribution is -2.15. The van der Waals surface area contributed by atoms with Crippen molar-refractivity contribution in [3.05, 3.63) is 96.0 Å². The van der Waals surface area contributed by atoms with Crippen LogP contribution in [0.15, 0.2) is 77.7 Å². The maximum atomic E-state index is 13.8. The van der Waals surface area contributed by atoms with Crippen LogP contribution in [0.5, 0.6) is 0 Å². The molecule has 0 aliphatic carbocycles. The van der Waals surface area contributed by atoms with Crippen molar-refractivity contribution in [1.29, 1.82) is 0 Å². The van der Waals surface area contributed by atoms with Gasteiger partial charge in [0.15, 0.2) is 12.2 Å². The number of aromatic nitrogens is 1. The first kappa shape index (κ1) is 18.6. The molecule has 1 aromatic heterocycles. The molecule has 6 heteroatoms. The summed E-state index contributed by atoms with van der Waals surface area (Å²) in [6, 6.07) is 16.3. The van der Waals surface area contributed by atoms with Gasteiger partial charge in [0, 0.05) is 11.3 Å². The highest BCUT2D eigenvalue weighted by atomic mass is 19.1. The summed E-state index contributed by atoms with van der Waals surface area (Å²) in [5.74, 6) is -1.98. The molecule has 1 heterocycles. The molecule has 0 fully saturated rings. The highest BCUT2D eigenvalue weighted by molar-refractivity contribution is 6.04. The van der Waals surface area contributed by atoms with Crippen LogP contribution < -0.4 is 5.32 Å². The van der Waals surface area contributed by atoms with Gasteiger partial charge < -0.3 is 9.73 Å². The average molecular weight is 390 g/mol. The molecule has 0 aliphatic heterocycles. The number of halogens is 2. The van der Waals surface area contributed by atoms with Crippen molar-refractivity contribution in [2.75, 3.05) is 5.32 Å². The molecule has 4 nitrogen and oxygen atoms in total. The Morgan fingerprint density at radius 2 is 1.66 bits per heavy atom. The number of hydrogen-bond acceptors (Lipinski definition) is 3. The number of nitrogens with one attached hydrogen (secondary N) is 1. The van der Waals surface area contributed by atoms with E-state index in [4.69, 9.17) is 4.42 Å². The van der Waals surface area contributed by atoms with Gasteiger partial charge in [0.05, 0.1) is 6.20 Å². The van der Waals surface area contributed by atoms with Crippen molar-refractivity contribution in [2.45, 2.75) is 6.92 Å². The number of aryl methyl sites for hydroxylation is 1. The number of nitrogens with zero attached hydrogens (tertiary/aromatic N) is 1. The number of benzene rings is 3. The summed E-state index contributed by atoms with van der Waals surface area (Å²) < 4.78 is 32.9. The van der Waals surface area contributed by atoms with Crippen LogP contribution in [0.1, 0.15) is 15.9 Å². The molecule has 4 rings (SSSR count). The highest BCUT2D eigenvalue weighted by Crippen LogP contribution is 2.30. The van der Waals surface area contributed by atoms with Crippen LogP contribution in [0, 0.1) is 18.6 Å². The van der Waals surface area contributed by atoms with Gasteiger partial charge in [-0.1, -0.05) is 30.3 Å². The molecule has 3 aromatic carbocycles. The number of carbonyl (C=O) groups is 1. The Morgan fingerprint density at radius 3 is 2.31 bits per heavy atom. The zero-order valence-electron chi connectivity index (χ0n) is 15.4. The smallest absolute Gasteiger partial charge is 0.261 e. The van der Waals surface area contributed by atoms with E-state index >= 15 is 0 Å². The monoisotopic (exact) mass is 390 g/mol. The van der Waals surface area contributed by atoms with Crippen LogP contribution in [-0.4, -0.2) is 10.9 Å². The third kappa shape index (κ3) is 3.78. The lowest BCUT2D eigenvalue weighted by Gasteiger charge is -2.10.